The number of nitrogens with one attached hydrogen (secondary N) is 1. The Morgan fingerprint density at radius 2 is 2.00 bits per heavy atom. The molecule has 0 unspecified atom stereocenters. The molecule has 3 heterocycles. The highest BCUT2D eigenvalue weighted by Crippen LogP contribution is 2.30. The van der Waals surface area contributed by atoms with Crippen LogP contribution in [-0.2, 0) is 6.42 Å². The molecule has 2 aliphatic rings. The highest BCUT2D eigenvalue weighted by atomic mass is 35.5. The lowest BCUT2D eigenvalue weighted by Crippen LogP contribution is -2.36. The summed E-state index contributed by atoms with van der Waals surface area (Å²) >= 11 is 0. The first-order chi connectivity index (χ1) is 12.1. The smallest absolute Gasteiger partial charge is 0.280 e. The highest BCUT2D eigenvalue weighted by Gasteiger charge is 2.29. The third-order valence-electron chi connectivity index (χ3n) is 5.38. The lowest BCUT2D eigenvalue weighted by atomic mass is 9.99. The molecule has 1 N–H and O–H groups in total. The van der Waals surface area contributed by atoms with E-state index in [4.69, 9.17) is 0 Å². The van der Waals surface area contributed by atoms with Gasteiger partial charge in [0.25, 0.3) is 5.91 Å². The lowest BCUT2D eigenvalue weighted by molar-refractivity contribution is 0.0979. The van der Waals surface area contributed by atoms with Gasteiger partial charge in [0, 0.05) is 12.2 Å². The van der Waals surface area contributed by atoms with Crippen molar-refractivity contribution < 1.29 is 4.79 Å². The van der Waals surface area contributed by atoms with Crippen molar-refractivity contribution in [2.75, 3.05) is 24.5 Å². The van der Waals surface area contributed by atoms with Crippen molar-refractivity contribution in [3.63, 3.8) is 0 Å². The van der Waals surface area contributed by atoms with Crippen molar-refractivity contribution in [3.8, 4) is 0 Å². The van der Waals surface area contributed by atoms with E-state index in [0.717, 1.165) is 56.7 Å². The maximum Gasteiger partial charge on any atom is 0.280 e. The maximum atomic E-state index is 13.2. The standard InChI is InChI=1S/C19H25N5O.ClH/c1-13-5-6-17-15(12-13)4-3-11-23(17)19(25)18-14(2)24(22-21-18)16-7-9-20-10-8-16;/h5-6,12,16,20H,3-4,7-11H2,1-2H3;1H. The first-order valence-corrected chi connectivity index (χ1v) is 9.19. The number of nitrogens with zero attached hydrogens (tertiary/aromatic N) is 4. The van der Waals surface area contributed by atoms with E-state index in [0.29, 0.717) is 11.7 Å². The van der Waals surface area contributed by atoms with E-state index < -0.39 is 0 Å². The minimum Gasteiger partial charge on any atom is -0.317 e. The van der Waals surface area contributed by atoms with Gasteiger partial charge in [0.05, 0.1) is 11.7 Å². The first kappa shape index (κ1) is 18.9. The van der Waals surface area contributed by atoms with E-state index in [1.807, 2.05) is 16.5 Å². The fourth-order valence-electron chi connectivity index (χ4n) is 4.00. The number of anilines is 1. The Morgan fingerprint density at radius 3 is 2.77 bits per heavy atom. The molecule has 1 aromatic carbocycles. The second-order valence-corrected chi connectivity index (χ2v) is 7.14. The van der Waals surface area contributed by atoms with E-state index in [9.17, 15) is 4.79 Å². The molecule has 0 aliphatic carbocycles. The summed E-state index contributed by atoms with van der Waals surface area (Å²) in [5, 5.41) is 11.9. The van der Waals surface area contributed by atoms with Crippen LogP contribution in [0.3, 0.4) is 0 Å². The molecule has 0 saturated carbocycles. The Balaban J connectivity index is 0.00000196. The Labute approximate surface area is 160 Å². The number of benzene rings is 1. The predicted octanol–water partition coefficient (Wildman–Crippen LogP) is 2.83. The summed E-state index contributed by atoms with van der Waals surface area (Å²) in [7, 11) is 0. The zero-order chi connectivity index (χ0) is 17.4. The van der Waals surface area contributed by atoms with Gasteiger partial charge in [-0.1, -0.05) is 22.9 Å². The number of carbonyl (C=O) groups excluding carboxylic acids is 1. The summed E-state index contributed by atoms with van der Waals surface area (Å²) in [6.07, 6.45) is 4.08. The van der Waals surface area contributed by atoms with E-state index >= 15 is 0 Å². The average Bonchev–Trinajstić information content (AvgIpc) is 3.02. The Hall–Kier alpha value is -1.92. The number of hydrogen-bond donors (Lipinski definition) is 1. The summed E-state index contributed by atoms with van der Waals surface area (Å²) in [6.45, 7) is 6.79. The summed E-state index contributed by atoms with van der Waals surface area (Å²) in [4.78, 5) is 15.0. The number of rotatable bonds is 2. The molecular weight excluding hydrogens is 350 g/mol. The van der Waals surface area contributed by atoms with Gasteiger partial charge >= 0.3 is 0 Å². The lowest BCUT2D eigenvalue weighted by Gasteiger charge is -2.29. The average molecular weight is 376 g/mol. The van der Waals surface area contributed by atoms with Gasteiger partial charge < -0.3 is 10.2 Å². The normalized spacial score (nSPS) is 17.5. The van der Waals surface area contributed by atoms with Crippen LogP contribution in [0.1, 0.15) is 52.6 Å². The summed E-state index contributed by atoms with van der Waals surface area (Å²) in [5.74, 6) is -0.0255. The summed E-state index contributed by atoms with van der Waals surface area (Å²) in [6, 6.07) is 6.66. The van der Waals surface area contributed by atoms with Crippen LogP contribution in [0.2, 0.25) is 0 Å². The molecular formula is C19H26ClN5O. The van der Waals surface area contributed by atoms with Crippen LogP contribution in [-0.4, -0.2) is 40.5 Å². The second-order valence-electron chi connectivity index (χ2n) is 7.14. The van der Waals surface area contributed by atoms with Gasteiger partial charge in [0.15, 0.2) is 5.69 Å². The molecule has 1 fully saturated rings. The van der Waals surface area contributed by atoms with Gasteiger partial charge in [-0.25, -0.2) is 4.68 Å². The minimum absolute atomic E-state index is 0. The Kier molecular flexibility index (Phi) is 5.63. The van der Waals surface area contributed by atoms with Crippen molar-refractivity contribution in [3.05, 3.63) is 40.7 Å². The maximum absolute atomic E-state index is 13.2. The number of halogens is 1. The Morgan fingerprint density at radius 1 is 1.23 bits per heavy atom. The summed E-state index contributed by atoms with van der Waals surface area (Å²) in [5.41, 5.74) is 4.89. The third kappa shape index (κ3) is 3.35. The molecule has 0 bridgehead atoms. The minimum atomic E-state index is -0.0255. The zero-order valence-electron chi connectivity index (χ0n) is 15.4. The molecule has 26 heavy (non-hydrogen) atoms. The molecule has 1 saturated heterocycles. The van der Waals surface area contributed by atoms with Gasteiger partial charge in [-0.3, -0.25) is 4.79 Å². The van der Waals surface area contributed by atoms with Crippen molar-refractivity contribution in [2.24, 2.45) is 0 Å². The molecule has 0 spiro atoms. The second kappa shape index (κ2) is 7.76. The van der Waals surface area contributed by atoms with E-state index in [-0.39, 0.29) is 18.3 Å². The van der Waals surface area contributed by atoms with Crippen LogP contribution in [0, 0.1) is 13.8 Å². The van der Waals surface area contributed by atoms with Gasteiger partial charge in [0.1, 0.15) is 0 Å². The number of fused-ring (bicyclic) bond motifs is 1. The molecule has 0 atom stereocenters. The third-order valence-corrected chi connectivity index (χ3v) is 5.38. The number of carbonyl (C=O) groups is 1. The van der Waals surface area contributed by atoms with Gasteiger partial charge in [-0.05, 0) is 64.3 Å². The van der Waals surface area contributed by atoms with E-state index in [1.54, 1.807) is 0 Å². The SMILES string of the molecule is Cc1ccc2c(c1)CCCN2C(=O)c1nnn(C2CCNCC2)c1C.Cl. The van der Waals surface area contributed by atoms with Crippen molar-refractivity contribution in [1.82, 2.24) is 20.3 Å². The predicted molar refractivity (Wildman–Crippen MR) is 104 cm³/mol. The first-order valence-electron chi connectivity index (χ1n) is 9.19. The highest BCUT2D eigenvalue weighted by molar-refractivity contribution is 6.06. The van der Waals surface area contributed by atoms with Crippen LogP contribution >= 0.6 is 12.4 Å². The molecule has 1 amide bonds. The molecule has 7 heteroatoms. The number of hydrogen-bond acceptors (Lipinski definition) is 4. The van der Waals surface area contributed by atoms with Crippen molar-refractivity contribution in [2.45, 2.75) is 45.6 Å². The molecule has 2 aliphatic heterocycles. The number of aromatic nitrogens is 3. The van der Waals surface area contributed by atoms with Crippen molar-refractivity contribution >= 4 is 24.0 Å². The van der Waals surface area contributed by atoms with Gasteiger partial charge in [-0.2, -0.15) is 0 Å². The van der Waals surface area contributed by atoms with Crippen LogP contribution in [0.4, 0.5) is 5.69 Å². The van der Waals surface area contributed by atoms with E-state index in [1.165, 1.54) is 11.1 Å². The van der Waals surface area contributed by atoms with Gasteiger partial charge in [0.2, 0.25) is 0 Å². The molecule has 140 valence electrons. The fraction of sp³-hybridized carbons (Fsp3) is 0.526. The Bertz CT molecular complexity index is 797. The van der Waals surface area contributed by atoms with Crippen LogP contribution < -0.4 is 10.2 Å². The molecule has 4 rings (SSSR count). The summed E-state index contributed by atoms with van der Waals surface area (Å²) < 4.78 is 1.95. The molecule has 1 aromatic heterocycles. The fourth-order valence-corrected chi connectivity index (χ4v) is 4.00. The monoisotopic (exact) mass is 375 g/mol. The number of piperidine rings is 1. The number of amides is 1. The molecule has 0 radical (unpaired) electrons. The quantitative estimate of drug-likeness (QED) is 0.876. The number of aryl methyl sites for hydroxylation is 2. The molecule has 2 aromatic rings. The van der Waals surface area contributed by atoms with Crippen LogP contribution in [0.15, 0.2) is 18.2 Å². The van der Waals surface area contributed by atoms with Crippen LogP contribution in [0.25, 0.3) is 0 Å². The zero-order valence-corrected chi connectivity index (χ0v) is 16.2. The van der Waals surface area contributed by atoms with Crippen LogP contribution in [0.5, 0.6) is 0 Å². The van der Waals surface area contributed by atoms with Gasteiger partial charge in [-0.15, -0.1) is 17.5 Å². The van der Waals surface area contributed by atoms with Crippen molar-refractivity contribution in [1.29, 1.82) is 0 Å². The largest absolute Gasteiger partial charge is 0.317 e. The van der Waals surface area contributed by atoms with E-state index in [2.05, 4.69) is 40.8 Å². The topological polar surface area (TPSA) is 63.1 Å². The molecule has 6 nitrogen and oxygen atoms in total.